The van der Waals surface area contributed by atoms with Gasteiger partial charge in [0, 0.05) is 50.6 Å². The number of benzene rings is 4. The molecule has 1 aliphatic rings. The smallest absolute Gasteiger partial charge is 0.335 e. The topological polar surface area (TPSA) is 69.7 Å². The molecule has 4 aromatic rings. The molecule has 5 rings (SSSR count). The van der Waals surface area contributed by atoms with Crippen LogP contribution in [0.15, 0.2) is 98.1 Å². The highest BCUT2D eigenvalue weighted by atomic mass is 35.5. The van der Waals surface area contributed by atoms with Crippen molar-refractivity contribution in [2.75, 3.05) is 0 Å². The average Bonchev–Trinajstić information content (AvgIpc) is 2.90. The molecule has 0 fully saturated rings. The Bertz CT molecular complexity index is 1600. The SMILES string of the molecule is C=CC(=O)Oc1cc(C2c3ccccc3C(=O)c3ccc(Cl)cc32)c(OC(=O)C=C)c2ccccc12. The minimum atomic E-state index is -0.649. The zero-order valence-electron chi connectivity index (χ0n) is 19.0. The van der Waals surface area contributed by atoms with Gasteiger partial charge >= 0.3 is 11.9 Å². The van der Waals surface area contributed by atoms with Crippen molar-refractivity contribution < 1.29 is 23.9 Å². The number of carbonyl (C=O) groups is 3. The Morgan fingerprint density at radius 2 is 1.39 bits per heavy atom. The van der Waals surface area contributed by atoms with E-state index < -0.39 is 17.9 Å². The third kappa shape index (κ3) is 3.89. The van der Waals surface area contributed by atoms with Gasteiger partial charge < -0.3 is 9.47 Å². The van der Waals surface area contributed by atoms with Crippen LogP contribution in [0, 0.1) is 0 Å². The van der Waals surface area contributed by atoms with Crippen LogP contribution in [0.2, 0.25) is 5.02 Å². The van der Waals surface area contributed by atoms with Crippen LogP contribution < -0.4 is 9.47 Å². The fraction of sp³-hybridized carbons (Fsp3) is 0.0333. The van der Waals surface area contributed by atoms with Gasteiger partial charge in [-0.3, -0.25) is 4.79 Å². The molecule has 1 unspecified atom stereocenters. The second-order valence-corrected chi connectivity index (χ2v) is 8.61. The van der Waals surface area contributed by atoms with E-state index >= 15 is 0 Å². The Balaban J connectivity index is 1.89. The minimum absolute atomic E-state index is 0.128. The number of ether oxygens (including phenoxy) is 2. The minimum Gasteiger partial charge on any atom is -0.423 e. The first-order valence-corrected chi connectivity index (χ1v) is 11.5. The van der Waals surface area contributed by atoms with Crippen LogP contribution >= 0.6 is 11.6 Å². The normalized spacial score (nSPS) is 13.9. The summed E-state index contributed by atoms with van der Waals surface area (Å²) in [6.45, 7) is 7.01. The monoisotopic (exact) mass is 494 g/mol. The lowest BCUT2D eigenvalue weighted by molar-refractivity contribution is -0.130. The van der Waals surface area contributed by atoms with Gasteiger partial charge in [0.1, 0.15) is 11.5 Å². The van der Waals surface area contributed by atoms with Crippen molar-refractivity contribution >= 4 is 40.1 Å². The molecule has 0 N–H and O–H groups in total. The molecule has 0 aliphatic heterocycles. The molecule has 36 heavy (non-hydrogen) atoms. The molecular weight excluding hydrogens is 476 g/mol. The molecular formula is C30H19ClO5. The first-order valence-electron chi connectivity index (χ1n) is 11.1. The van der Waals surface area contributed by atoms with E-state index in [1.165, 1.54) is 0 Å². The third-order valence-corrected chi connectivity index (χ3v) is 6.36. The van der Waals surface area contributed by atoms with Crippen molar-refractivity contribution in [2.24, 2.45) is 0 Å². The Labute approximate surface area is 212 Å². The van der Waals surface area contributed by atoms with E-state index in [2.05, 4.69) is 13.2 Å². The Morgan fingerprint density at radius 1 is 0.750 bits per heavy atom. The molecule has 0 spiro atoms. The Morgan fingerprint density at radius 3 is 2.14 bits per heavy atom. The standard InChI is InChI=1S/C30H19ClO5/c1-3-26(32)35-25-16-24(30(36-27(33)4-2)22-12-8-5-9-18(22)25)28-19-10-6-7-11-20(19)29(34)21-14-13-17(31)15-23(21)28/h3-16,28H,1-2H2. The Hall–Kier alpha value is -4.48. The van der Waals surface area contributed by atoms with Gasteiger partial charge in [-0.2, -0.15) is 0 Å². The van der Waals surface area contributed by atoms with Crippen LogP contribution in [0.25, 0.3) is 10.8 Å². The summed E-state index contributed by atoms with van der Waals surface area (Å²) in [7, 11) is 0. The van der Waals surface area contributed by atoms with Crippen LogP contribution in [0.1, 0.15) is 38.5 Å². The van der Waals surface area contributed by atoms with E-state index in [-0.39, 0.29) is 17.3 Å². The summed E-state index contributed by atoms with van der Waals surface area (Å²) in [4.78, 5) is 38.0. The van der Waals surface area contributed by atoms with Crippen LogP contribution in [-0.2, 0) is 9.59 Å². The summed E-state index contributed by atoms with van der Waals surface area (Å²) in [5, 5.41) is 1.57. The maximum atomic E-state index is 13.3. The van der Waals surface area contributed by atoms with Gasteiger partial charge in [0.05, 0.1) is 0 Å². The molecule has 6 heteroatoms. The zero-order valence-corrected chi connectivity index (χ0v) is 19.7. The van der Waals surface area contributed by atoms with Gasteiger partial charge in [-0.1, -0.05) is 73.3 Å². The van der Waals surface area contributed by atoms with Crippen molar-refractivity contribution in [3.05, 3.63) is 131 Å². The highest BCUT2D eigenvalue weighted by Gasteiger charge is 2.35. The summed E-state index contributed by atoms with van der Waals surface area (Å²) in [6.07, 6.45) is 2.15. The quantitative estimate of drug-likeness (QED) is 0.161. The van der Waals surface area contributed by atoms with E-state index in [4.69, 9.17) is 21.1 Å². The van der Waals surface area contributed by atoms with Crippen molar-refractivity contribution in [1.29, 1.82) is 0 Å². The lowest BCUT2D eigenvalue weighted by atomic mass is 9.73. The lowest BCUT2D eigenvalue weighted by Gasteiger charge is -2.30. The van der Waals surface area contributed by atoms with E-state index in [1.807, 2.05) is 12.1 Å². The van der Waals surface area contributed by atoms with Crippen LogP contribution in [0.3, 0.4) is 0 Å². The Kier molecular flexibility index (Phi) is 6.00. The highest BCUT2D eigenvalue weighted by Crippen LogP contribution is 2.48. The molecule has 4 aromatic carbocycles. The van der Waals surface area contributed by atoms with Gasteiger partial charge in [-0.15, -0.1) is 0 Å². The first-order chi connectivity index (χ1) is 17.4. The molecule has 0 radical (unpaired) electrons. The summed E-state index contributed by atoms with van der Waals surface area (Å²) in [5.41, 5.74) is 2.90. The second-order valence-electron chi connectivity index (χ2n) is 8.17. The fourth-order valence-corrected chi connectivity index (χ4v) is 4.80. The number of fused-ring (bicyclic) bond motifs is 3. The number of hydrogen-bond acceptors (Lipinski definition) is 5. The number of esters is 2. The molecule has 0 bridgehead atoms. The maximum absolute atomic E-state index is 13.3. The number of hydrogen-bond donors (Lipinski definition) is 0. The van der Waals surface area contributed by atoms with E-state index in [9.17, 15) is 14.4 Å². The molecule has 176 valence electrons. The van der Waals surface area contributed by atoms with Gasteiger partial charge in [-0.25, -0.2) is 9.59 Å². The number of carbonyl (C=O) groups excluding carboxylic acids is 3. The summed E-state index contributed by atoms with van der Waals surface area (Å²) in [5.74, 6) is -1.42. The van der Waals surface area contributed by atoms with Crippen molar-refractivity contribution in [3.8, 4) is 11.5 Å². The third-order valence-electron chi connectivity index (χ3n) is 6.13. The predicted octanol–water partition coefficient (Wildman–Crippen LogP) is 6.40. The van der Waals surface area contributed by atoms with Crippen LogP contribution in [0.5, 0.6) is 11.5 Å². The van der Waals surface area contributed by atoms with Crippen LogP contribution in [0.4, 0.5) is 0 Å². The van der Waals surface area contributed by atoms with E-state index in [0.717, 1.165) is 12.2 Å². The van der Waals surface area contributed by atoms with E-state index in [1.54, 1.807) is 60.7 Å². The molecule has 0 aromatic heterocycles. The molecule has 0 heterocycles. The largest absolute Gasteiger partial charge is 0.423 e. The van der Waals surface area contributed by atoms with Crippen LogP contribution in [-0.4, -0.2) is 17.7 Å². The number of halogens is 1. The summed E-state index contributed by atoms with van der Waals surface area (Å²) >= 11 is 6.37. The maximum Gasteiger partial charge on any atom is 0.335 e. The van der Waals surface area contributed by atoms with Crippen molar-refractivity contribution in [2.45, 2.75) is 5.92 Å². The molecule has 1 atom stereocenters. The summed E-state index contributed by atoms with van der Waals surface area (Å²) < 4.78 is 11.4. The first kappa shape index (κ1) is 23.3. The lowest BCUT2D eigenvalue weighted by Crippen LogP contribution is -2.21. The van der Waals surface area contributed by atoms with Crippen molar-refractivity contribution in [1.82, 2.24) is 0 Å². The predicted molar refractivity (Wildman–Crippen MR) is 138 cm³/mol. The summed E-state index contributed by atoms with van der Waals surface area (Å²) in [6, 6.07) is 21.1. The molecule has 0 saturated heterocycles. The van der Waals surface area contributed by atoms with Gasteiger partial charge in [0.2, 0.25) is 0 Å². The molecule has 5 nitrogen and oxygen atoms in total. The van der Waals surface area contributed by atoms with Gasteiger partial charge in [0.15, 0.2) is 5.78 Å². The molecule has 1 aliphatic carbocycles. The zero-order chi connectivity index (χ0) is 25.4. The number of ketones is 1. The average molecular weight is 495 g/mol. The molecule has 0 amide bonds. The second kappa shape index (κ2) is 9.29. The van der Waals surface area contributed by atoms with E-state index in [0.29, 0.717) is 43.6 Å². The molecule has 0 saturated carbocycles. The van der Waals surface area contributed by atoms with Crippen molar-refractivity contribution in [3.63, 3.8) is 0 Å². The fourth-order valence-electron chi connectivity index (χ4n) is 4.62. The van der Waals surface area contributed by atoms with Gasteiger partial charge in [0.25, 0.3) is 0 Å². The highest BCUT2D eigenvalue weighted by molar-refractivity contribution is 6.31. The number of rotatable bonds is 5. The van der Waals surface area contributed by atoms with Gasteiger partial charge in [-0.05, 0) is 35.4 Å².